The van der Waals surface area contributed by atoms with E-state index in [0.29, 0.717) is 28.3 Å². The van der Waals surface area contributed by atoms with E-state index in [-0.39, 0.29) is 29.6 Å². The number of hydrogen-bond acceptors (Lipinski definition) is 2. The maximum absolute atomic E-state index is 13.1. The molecule has 0 aromatic heterocycles. The SMILES string of the molecule is C=C(C)C(=O)NCC(Cc1ccc(Cl)cc1)c1ccccc1.CC(C)NC(=O)/C(=C\c1ccc(Cl)cc1)c1ccc(F)cc1. The highest BCUT2D eigenvalue weighted by Crippen LogP contribution is 2.22. The molecule has 0 aliphatic carbocycles. The molecule has 0 saturated carbocycles. The van der Waals surface area contributed by atoms with Gasteiger partial charge < -0.3 is 10.6 Å². The van der Waals surface area contributed by atoms with Gasteiger partial charge in [0.25, 0.3) is 5.91 Å². The molecule has 0 fully saturated rings. The Kier molecular flexibility index (Phi) is 13.4. The summed E-state index contributed by atoms with van der Waals surface area (Å²) in [5, 5.41) is 7.17. The Morgan fingerprint density at radius 3 is 1.93 bits per heavy atom. The molecule has 4 rings (SSSR count). The standard InChI is InChI=1S/C19H20ClNO.C18H17ClFNO/c1-14(2)19(22)21-13-17(16-6-4-3-5-7-16)12-15-8-10-18(20)11-9-15;1-12(2)21-18(22)17(14-5-9-16(20)10-6-14)11-13-3-7-15(19)8-4-13/h3-11,17H,1,12-13H2,2H3,(H,21,22);3-12H,1-2H3,(H,21,22)/b;17-11-. The number of amides is 2. The minimum atomic E-state index is -0.334. The maximum Gasteiger partial charge on any atom is 0.252 e. The molecule has 1 unspecified atom stereocenters. The lowest BCUT2D eigenvalue weighted by atomic mass is 9.92. The third kappa shape index (κ3) is 11.5. The molecule has 44 heavy (non-hydrogen) atoms. The molecule has 4 nitrogen and oxygen atoms in total. The van der Waals surface area contributed by atoms with Crippen molar-refractivity contribution in [3.8, 4) is 0 Å². The topological polar surface area (TPSA) is 58.2 Å². The Labute approximate surface area is 269 Å². The zero-order chi connectivity index (χ0) is 32.1. The van der Waals surface area contributed by atoms with Crippen molar-refractivity contribution in [2.75, 3.05) is 6.54 Å². The molecule has 0 aliphatic heterocycles. The van der Waals surface area contributed by atoms with Crippen LogP contribution in [-0.4, -0.2) is 24.4 Å². The minimum absolute atomic E-state index is 0.0153. The molecular weight excluding hydrogens is 594 g/mol. The van der Waals surface area contributed by atoms with Gasteiger partial charge in [-0.05, 0) is 91.9 Å². The number of rotatable bonds is 10. The van der Waals surface area contributed by atoms with Gasteiger partial charge in [0.15, 0.2) is 0 Å². The summed E-state index contributed by atoms with van der Waals surface area (Å²) >= 11 is 11.8. The van der Waals surface area contributed by atoms with Crippen LogP contribution in [0.25, 0.3) is 11.6 Å². The normalized spacial score (nSPS) is 11.7. The van der Waals surface area contributed by atoms with E-state index in [0.717, 1.165) is 17.0 Å². The van der Waals surface area contributed by atoms with Crippen molar-refractivity contribution >= 4 is 46.7 Å². The summed E-state index contributed by atoms with van der Waals surface area (Å²) in [6.45, 7) is 9.75. The zero-order valence-corrected chi connectivity index (χ0v) is 26.6. The van der Waals surface area contributed by atoms with Crippen LogP contribution in [0, 0.1) is 5.82 Å². The fourth-order valence-electron chi connectivity index (χ4n) is 4.28. The quantitative estimate of drug-likeness (QED) is 0.136. The summed E-state index contributed by atoms with van der Waals surface area (Å²) in [6, 6.07) is 31.1. The zero-order valence-electron chi connectivity index (χ0n) is 25.1. The van der Waals surface area contributed by atoms with Crippen molar-refractivity contribution in [1.29, 1.82) is 0 Å². The van der Waals surface area contributed by atoms with Crippen LogP contribution in [-0.2, 0) is 16.0 Å². The lowest BCUT2D eigenvalue weighted by molar-refractivity contribution is -0.117. The van der Waals surface area contributed by atoms with Crippen molar-refractivity contribution in [2.45, 2.75) is 39.2 Å². The van der Waals surface area contributed by atoms with Crippen LogP contribution in [0.4, 0.5) is 4.39 Å². The van der Waals surface area contributed by atoms with Gasteiger partial charge in [0.1, 0.15) is 5.82 Å². The van der Waals surface area contributed by atoms with Gasteiger partial charge in [-0.25, -0.2) is 4.39 Å². The fourth-order valence-corrected chi connectivity index (χ4v) is 4.53. The van der Waals surface area contributed by atoms with Crippen molar-refractivity contribution in [3.63, 3.8) is 0 Å². The largest absolute Gasteiger partial charge is 0.352 e. The van der Waals surface area contributed by atoms with Crippen molar-refractivity contribution in [3.05, 3.63) is 153 Å². The van der Waals surface area contributed by atoms with E-state index in [1.165, 1.54) is 23.3 Å². The molecule has 0 radical (unpaired) electrons. The van der Waals surface area contributed by atoms with Crippen molar-refractivity contribution in [1.82, 2.24) is 10.6 Å². The van der Waals surface area contributed by atoms with Gasteiger partial charge in [-0.15, -0.1) is 0 Å². The molecule has 2 amide bonds. The molecule has 0 aliphatic rings. The number of hydrogen-bond donors (Lipinski definition) is 2. The molecule has 0 heterocycles. The Morgan fingerprint density at radius 2 is 1.39 bits per heavy atom. The molecule has 228 valence electrons. The molecular formula is C37H37Cl2FN2O2. The van der Waals surface area contributed by atoms with Crippen molar-refractivity contribution < 1.29 is 14.0 Å². The Bertz CT molecular complexity index is 1550. The number of nitrogens with one attached hydrogen (secondary N) is 2. The first kappa shape index (κ1) is 34.3. The minimum Gasteiger partial charge on any atom is -0.352 e. The lowest BCUT2D eigenvalue weighted by Gasteiger charge is -2.18. The van der Waals surface area contributed by atoms with E-state index in [2.05, 4.69) is 29.3 Å². The second-order valence-electron chi connectivity index (χ2n) is 10.7. The molecule has 0 spiro atoms. The summed E-state index contributed by atoms with van der Waals surface area (Å²) in [4.78, 5) is 24.2. The van der Waals surface area contributed by atoms with Gasteiger partial charge in [0.2, 0.25) is 5.91 Å². The average molecular weight is 632 g/mol. The predicted octanol–water partition coefficient (Wildman–Crippen LogP) is 8.90. The number of benzene rings is 4. The lowest BCUT2D eigenvalue weighted by Crippen LogP contribution is -2.30. The van der Waals surface area contributed by atoms with Gasteiger partial charge in [-0.3, -0.25) is 9.59 Å². The molecule has 2 N–H and O–H groups in total. The second-order valence-corrected chi connectivity index (χ2v) is 11.5. The van der Waals surface area contributed by atoms with Gasteiger partial charge in [-0.1, -0.05) is 96.5 Å². The number of carbonyl (C=O) groups is 2. The van der Waals surface area contributed by atoms with Crippen LogP contribution in [0.2, 0.25) is 10.0 Å². The molecule has 1 atom stereocenters. The van der Waals surface area contributed by atoms with E-state index >= 15 is 0 Å². The molecule has 4 aromatic rings. The highest BCUT2D eigenvalue weighted by atomic mass is 35.5. The first-order chi connectivity index (χ1) is 21.0. The van der Waals surface area contributed by atoms with Gasteiger partial charge in [0.05, 0.1) is 0 Å². The Balaban J connectivity index is 0.000000240. The van der Waals surface area contributed by atoms with E-state index in [1.54, 1.807) is 37.3 Å². The van der Waals surface area contributed by atoms with E-state index in [4.69, 9.17) is 23.2 Å². The predicted molar refractivity (Wildman–Crippen MR) is 181 cm³/mol. The Morgan fingerprint density at radius 1 is 0.818 bits per heavy atom. The highest BCUT2D eigenvalue weighted by Gasteiger charge is 2.15. The highest BCUT2D eigenvalue weighted by molar-refractivity contribution is 6.31. The molecule has 0 bridgehead atoms. The van der Waals surface area contributed by atoms with E-state index in [1.807, 2.05) is 68.4 Å². The third-order valence-electron chi connectivity index (χ3n) is 6.56. The maximum atomic E-state index is 13.1. The summed E-state index contributed by atoms with van der Waals surface area (Å²) in [7, 11) is 0. The second kappa shape index (κ2) is 17.2. The average Bonchev–Trinajstić information content (AvgIpc) is 3.00. The fraction of sp³-hybridized carbons (Fsp3) is 0.189. The molecule has 7 heteroatoms. The van der Waals surface area contributed by atoms with Crippen LogP contribution in [0.3, 0.4) is 0 Å². The summed E-state index contributed by atoms with van der Waals surface area (Å²) in [5.41, 5.74) is 4.92. The van der Waals surface area contributed by atoms with Crippen LogP contribution in [0.15, 0.2) is 115 Å². The van der Waals surface area contributed by atoms with Crippen LogP contribution in [0.5, 0.6) is 0 Å². The number of halogens is 3. The summed E-state index contributed by atoms with van der Waals surface area (Å²) in [5.74, 6) is -0.418. The summed E-state index contributed by atoms with van der Waals surface area (Å²) in [6.07, 6.45) is 2.61. The molecule has 4 aromatic carbocycles. The Hall–Kier alpha value is -4.19. The first-order valence-corrected chi connectivity index (χ1v) is 15.0. The van der Waals surface area contributed by atoms with Crippen LogP contribution < -0.4 is 10.6 Å². The van der Waals surface area contributed by atoms with E-state index in [9.17, 15) is 14.0 Å². The van der Waals surface area contributed by atoms with Gasteiger partial charge in [-0.2, -0.15) is 0 Å². The van der Waals surface area contributed by atoms with Crippen LogP contribution in [0.1, 0.15) is 48.9 Å². The molecule has 0 saturated heterocycles. The van der Waals surface area contributed by atoms with Gasteiger partial charge >= 0.3 is 0 Å². The van der Waals surface area contributed by atoms with E-state index < -0.39 is 0 Å². The third-order valence-corrected chi connectivity index (χ3v) is 7.07. The number of carbonyl (C=O) groups excluding carboxylic acids is 2. The van der Waals surface area contributed by atoms with Crippen molar-refractivity contribution in [2.24, 2.45) is 0 Å². The van der Waals surface area contributed by atoms with Gasteiger partial charge in [0, 0.05) is 39.7 Å². The van der Waals surface area contributed by atoms with Crippen LogP contribution >= 0.6 is 23.2 Å². The smallest absolute Gasteiger partial charge is 0.252 e. The summed E-state index contributed by atoms with van der Waals surface area (Å²) < 4.78 is 13.1. The monoisotopic (exact) mass is 630 g/mol. The first-order valence-electron chi connectivity index (χ1n) is 14.3.